The molecule has 20 heavy (non-hydrogen) atoms. The highest BCUT2D eigenvalue weighted by molar-refractivity contribution is 5.85. The molecule has 0 aromatic carbocycles. The van der Waals surface area contributed by atoms with E-state index >= 15 is 0 Å². The molecule has 0 spiro atoms. The van der Waals surface area contributed by atoms with Gasteiger partial charge < -0.3 is 10.0 Å². The van der Waals surface area contributed by atoms with Crippen molar-refractivity contribution in [3.8, 4) is 0 Å². The van der Waals surface area contributed by atoms with Gasteiger partial charge >= 0.3 is 5.97 Å². The SMILES string of the molecule is CN(CC1CCCCC1)C(=O)[C@@H]1CC=CC[C@@H]1C(=O)O. The predicted octanol–water partition coefficient (Wildman–Crippen LogP) is 2.69. The first-order valence-electron chi connectivity index (χ1n) is 7.72. The molecule has 4 nitrogen and oxygen atoms in total. The average molecular weight is 279 g/mol. The van der Waals surface area contributed by atoms with E-state index in [0.717, 1.165) is 6.54 Å². The molecular formula is C16H25NO3. The number of allylic oxidation sites excluding steroid dienone is 2. The van der Waals surface area contributed by atoms with Crippen LogP contribution in [-0.2, 0) is 9.59 Å². The first-order chi connectivity index (χ1) is 9.59. The van der Waals surface area contributed by atoms with Crippen LogP contribution in [0.25, 0.3) is 0 Å². The number of carbonyl (C=O) groups is 2. The predicted molar refractivity (Wildman–Crippen MR) is 77.2 cm³/mol. The van der Waals surface area contributed by atoms with Crippen LogP contribution in [0.1, 0.15) is 44.9 Å². The first kappa shape index (κ1) is 15.1. The van der Waals surface area contributed by atoms with Gasteiger partial charge in [0.05, 0.1) is 11.8 Å². The Balaban J connectivity index is 1.94. The Hall–Kier alpha value is -1.32. The molecule has 2 aliphatic carbocycles. The van der Waals surface area contributed by atoms with Gasteiger partial charge in [0, 0.05) is 13.6 Å². The molecule has 1 amide bonds. The minimum absolute atomic E-state index is 0.00678. The van der Waals surface area contributed by atoms with Crippen molar-refractivity contribution in [2.75, 3.05) is 13.6 Å². The lowest BCUT2D eigenvalue weighted by atomic mass is 9.81. The van der Waals surface area contributed by atoms with Crippen molar-refractivity contribution in [1.82, 2.24) is 4.90 Å². The Bertz CT molecular complexity index is 385. The number of nitrogens with zero attached hydrogens (tertiary/aromatic N) is 1. The van der Waals surface area contributed by atoms with Gasteiger partial charge in [-0.15, -0.1) is 0 Å². The van der Waals surface area contributed by atoms with E-state index in [1.54, 1.807) is 4.90 Å². The van der Waals surface area contributed by atoms with Crippen LogP contribution in [-0.4, -0.2) is 35.5 Å². The van der Waals surface area contributed by atoms with Crippen molar-refractivity contribution < 1.29 is 14.7 Å². The second-order valence-corrected chi connectivity index (χ2v) is 6.22. The largest absolute Gasteiger partial charge is 0.481 e. The van der Waals surface area contributed by atoms with Gasteiger partial charge in [-0.1, -0.05) is 31.4 Å². The van der Waals surface area contributed by atoms with E-state index < -0.39 is 11.9 Å². The number of carboxylic acids is 1. The summed E-state index contributed by atoms with van der Waals surface area (Å²) in [6.07, 6.45) is 11.1. The minimum atomic E-state index is -0.848. The van der Waals surface area contributed by atoms with Gasteiger partial charge in [-0.25, -0.2) is 0 Å². The average Bonchev–Trinajstić information content (AvgIpc) is 2.47. The number of carboxylic acid groups (broad SMARTS) is 1. The quantitative estimate of drug-likeness (QED) is 0.805. The summed E-state index contributed by atoms with van der Waals surface area (Å²) in [7, 11) is 1.83. The summed E-state index contributed by atoms with van der Waals surface area (Å²) >= 11 is 0. The standard InChI is InChI=1S/C16H25NO3/c1-17(11-12-7-3-2-4-8-12)15(18)13-9-5-6-10-14(13)16(19)20/h5-6,12-14H,2-4,7-11H2,1H3,(H,19,20)/t13-,14+/m1/s1. The molecule has 0 aromatic heterocycles. The molecule has 0 heterocycles. The molecule has 0 bridgehead atoms. The number of amides is 1. The molecule has 2 atom stereocenters. The zero-order chi connectivity index (χ0) is 14.5. The molecule has 4 heteroatoms. The Morgan fingerprint density at radius 2 is 1.70 bits per heavy atom. The summed E-state index contributed by atoms with van der Waals surface area (Å²) in [6, 6.07) is 0. The van der Waals surface area contributed by atoms with Crippen LogP contribution in [0.15, 0.2) is 12.2 Å². The minimum Gasteiger partial charge on any atom is -0.481 e. The van der Waals surface area contributed by atoms with Crippen molar-refractivity contribution in [1.29, 1.82) is 0 Å². The number of hydrogen-bond acceptors (Lipinski definition) is 2. The Kier molecular flexibility index (Phi) is 5.21. The molecule has 2 rings (SSSR count). The molecule has 0 unspecified atom stereocenters. The molecule has 1 fully saturated rings. The highest BCUT2D eigenvalue weighted by atomic mass is 16.4. The maximum atomic E-state index is 12.5. The van der Waals surface area contributed by atoms with Gasteiger partial charge in [-0.2, -0.15) is 0 Å². The van der Waals surface area contributed by atoms with Gasteiger partial charge in [0.1, 0.15) is 0 Å². The van der Waals surface area contributed by atoms with E-state index in [9.17, 15) is 14.7 Å². The smallest absolute Gasteiger partial charge is 0.307 e. The van der Waals surface area contributed by atoms with Gasteiger partial charge in [-0.3, -0.25) is 9.59 Å². The fourth-order valence-corrected chi connectivity index (χ4v) is 3.49. The van der Waals surface area contributed by atoms with Crippen molar-refractivity contribution in [2.24, 2.45) is 17.8 Å². The van der Waals surface area contributed by atoms with Crippen molar-refractivity contribution >= 4 is 11.9 Å². The maximum absolute atomic E-state index is 12.5. The number of aliphatic carboxylic acids is 1. The lowest BCUT2D eigenvalue weighted by Gasteiger charge is -2.32. The van der Waals surface area contributed by atoms with E-state index in [1.165, 1.54) is 32.1 Å². The van der Waals surface area contributed by atoms with Crippen molar-refractivity contribution in [3.05, 3.63) is 12.2 Å². The van der Waals surface area contributed by atoms with E-state index in [4.69, 9.17) is 0 Å². The molecule has 0 aliphatic heterocycles. The van der Waals surface area contributed by atoms with Gasteiger partial charge in [-0.05, 0) is 31.6 Å². The Labute approximate surface area is 120 Å². The lowest BCUT2D eigenvalue weighted by molar-refractivity contribution is -0.150. The fraction of sp³-hybridized carbons (Fsp3) is 0.750. The molecule has 2 aliphatic rings. The van der Waals surface area contributed by atoms with Gasteiger partial charge in [0.25, 0.3) is 0 Å². The summed E-state index contributed by atoms with van der Waals surface area (Å²) in [5.41, 5.74) is 0. The summed E-state index contributed by atoms with van der Waals surface area (Å²) in [6.45, 7) is 0.783. The van der Waals surface area contributed by atoms with Crippen molar-refractivity contribution in [3.63, 3.8) is 0 Å². The third-order valence-corrected chi connectivity index (χ3v) is 4.70. The normalized spacial score (nSPS) is 27.2. The topological polar surface area (TPSA) is 57.6 Å². The second kappa shape index (κ2) is 6.91. The second-order valence-electron chi connectivity index (χ2n) is 6.22. The van der Waals surface area contributed by atoms with Crippen LogP contribution in [0.4, 0.5) is 0 Å². The highest BCUT2D eigenvalue weighted by Crippen LogP contribution is 2.29. The maximum Gasteiger partial charge on any atom is 0.307 e. The number of hydrogen-bond donors (Lipinski definition) is 1. The fourth-order valence-electron chi connectivity index (χ4n) is 3.49. The van der Waals surface area contributed by atoms with Crippen LogP contribution in [0.3, 0.4) is 0 Å². The van der Waals surface area contributed by atoms with E-state index in [2.05, 4.69) is 0 Å². The third kappa shape index (κ3) is 3.62. The van der Waals surface area contributed by atoms with Crippen LogP contribution in [0.5, 0.6) is 0 Å². The monoisotopic (exact) mass is 279 g/mol. The third-order valence-electron chi connectivity index (χ3n) is 4.70. The van der Waals surface area contributed by atoms with E-state index in [0.29, 0.717) is 18.8 Å². The molecule has 112 valence electrons. The molecule has 0 radical (unpaired) electrons. The lowest BCUT2D eigenvalue weighted by Crippen LogP contribution is -2.42. The first-order valence-corrected chi connectivity index (χ1v) is 7.72. The van der Waals surface area contributed by atoms with Crippen LogP contribution in [0.2, 0.25) is 0 Å². The van der Waals surface area contributed by atoms with Crippen LogP contribution >= 0.6 is 0 Å². The van der Waals surface area contributed by atoms with E-state index in [1.807, 2.05) is 19.2 Å². The number of carbonyl (C=O) groups excluding carboxylic acids is 1. The zero-order valence-electron chi connectivity index (χ0n) is 12.3. The molecule has 1 saturated carbocycles. The Morgan fingerprint density at radius 1 is 1.10 bits per heavy atom. The Morgan fingerprint density at radius 3 is 2.30 bits per heavy atom. The van der Waals surface area contributed by atoms with E-state index in [-0.39, 0.29) is 11.8 Å². The highest BCUT2D eigenvalue weighted by Gasteiger charge is 2.35. The molecule has 0 aromatic rings. The van der Waals surface area contributed by atoms with Crippen molar-refractivity contribution in [2.45, 2.75) is 44.9 Å². The van der Waals surface area contributed by atoms with Crippen LogP contribution < -0.4 is 0 Å². The van der Waals surface area contributed by atoms with Gasteiger partial charge in [0.15, 0.2) is 0 Å². The molecule has 0 saturated heterocycles. The summed E-state index contributed by atoms with van der Waals surface area (Å²) in [5.74, 6) is -1.18. The molecular weight excluding hydrogens is 254 g/mol. The summed E-state index contributed by atoms with van der Waals surface area (Å²) in [5, 5.41) is 9.26. The summed E-state index contributed by atoms with van der Waals surface area (Å²) in [4.78, 5) is 25.6. The summed E-state index contributed by atoms with van der Waals surface area (Å²) < 4.78 is 0. The zero-order valence-corrected chi connectivity index (χ0v) is 12.3. The number of rotatable bonds is 4. The van der Waals surface area contributed by atoms with Crippen LogP contribution in [0, 0.1) is 17.8 Å². The van der Waals surface area contributed by atoms with Gasteiger partial charge in [0.2, 0.25) is 5.91 Å². The molecule has 1 N–H and O–H groups in total.